The maximum Gasteiger partial charge on any atom is -0.0127 e. The van der Waals surface area contributed by atoms with Gasteiger partial charge in [-0.05, 0) is 37.7 Å². The van der Waals surface area contributed by atoms with Gasteiger partial charge in [-0.1, -0.05) is 68.7 Å². The summed E-state index contributed by atoms with van der Waals surface area (Å²) < 4.78 is 0. The third-order valence-electron chi connectivity index (χ3n) is 3.38. The zero-order valence-electron chi connectivity index (χ0n) is 11.6. The van der Waals surface area contributed by atoms with Gasteiger partial charge >= 0.3 is 0 Å². The summed E-state index contributed by atoms with van der Waals surface area (Å²) >= 11 is 0. The largest absolute Gasteiger partial charge is 0.0856 e. The standard InChI is InChI=1S/C17H26/c1-4-6-8-11-15(3)14-16(5-2)17-12-9-7-10-13-17/h7,9-13,16H,4-6,8,14H2,1-3H3/b15-11+. The molecule has 0 spiro atoms. The molecule has 0 heterocycles. The molecule has 1 aromatic rings. The second-order valence-corrected chi connectivity index (χ2v) is 4.91. The number of benzene rings is 1. The monoisotopic (exact) mass is 230 g/mol. The molecule has 1 aromatic carbocycles. The number of rotatable bonds is 7. The van der Waals surface area contributed by atoms with Gasteiger partial charge in [0.25, 0.3) is 0 Å². The Kier molecular flexibility index (Phi) is 6.69. The molecule has 0 aliphatic rings. The molecule has 0 saturated heterocycles. The third-order valence-corrected chi connectivity index (χ3v) is 3.38. The van der Waals surface area contributed by atoms with Crippen LogP contribution in [0, 0.1) is 0 Å². The topological polar surface area (TPSA) is 0 Å². The third kappa shape index (κ3) is 5.21. The van der Waals surface area contributed by atoms with Crippen molar-refractivity contribution in [1.82, 2.24) is 0 Å². The number of allylic oxidation sites excluding steroid dienone is 2. The van der Waals surface area contributed by atoms with Crippen molar-refractivity contribution in [2.24, 2.45) is 0 Å². The first-order valence-corrected chi connectivity index (χ1v) is 6.98. The van der Waals surface area contributed by atoms with Crippen molar-refractivity contribution < 1.29 is 0 Å². The van der Waals surface area contributed by atoms with Gasteiger partial charge in [0.15, 0.2) is 0 Å². The highest BCUT2D eigenvalue weighted by atomic mass is 14.1. The summed E-state index contributed by atoms with van der Waals surface area (Å²) in [5, 5.41) is 0. The molecule has 1 rings (SSSR count). The van der Waals surface area contributed by atoms with Crippen molar-refractivity contribution in [2.75, 3.05) is 0 Å². The molecule has 94 valence electrons. The van der Waals surface area contributed by atoms with E-state index in [1.165, 1.54) is 37.7 Å². The summed E-state index contributed by atoms with van der Waals surface area (Å²) in [5.41, 5.74) is 3.03. The smallest absolute Gasteiger partial charge is 0.0127 e. The molecule has 0 radical (unpaired) electrons. The quantitative estimate of drug-likeness (QED) is 0.416. The Morgan fingerprint density at radius 2 is 1.88 bits per heavy atom. The molecule has 0 amide bonds. The summed E-state index contributed by atoms with van der Waals surface area (Å²) in [5.74, 6) is 0.689. The van der Waals surface area contributed by atoms with Crippen LogP contribution in [0.3, 0.4) is 0 Å². The van der Waals surface area contributed by atoms with Gasteiger partial charge in [-0.15, -0.1) is 0 Å². The van der Waals surface area contributed by atoms with Crippen molar-refractivity contribution in [2.45, 2.75) is 58.8 Å². The van der Waals surface area contributed by atoms with Crippen LogP contribution in [-0.2, 0) is 0 Å². The highest BCUT2D eigenvalue weighted by Gasteiger charge is 2.08. The Morgan fingerprint density at radius 1 is 1.18 bits per heavy atom. The van der Waals surface area contributed by atoms with E-state index in [1.807, 2.05) is 0 Å². The van der Waals surface area contributed by atoms with Crippen LogP contribution < -0.4 is 0 Å². The first-order chi connectivity index (χ1) is 8.27. The minimum Gasteiger partial charge on any atom is -0.0856 e. The molecule has 0 N–H and O–H groups in total. The molecule has 0 bridgehead atoms. The molecule has 0 saturated carbocycles. The predicted octanol–water partition coefficient (Wildman–Crippen LogP) is 5.71. The van der Waals surface area contributed by atoms with Gasteiger partial charge in [-0.2, -0.15) is 0 Å². The maximum absolute atomic E-state index is 2.43. The molecule has 0 aromatic heterocycles. The summed E-state index contributed by atoms with van der Waals surface area (Å²) in [6.07, 6.45) is 8.72. The van der Waals surface area contributed by atoms with Crippen LogP contribution in [0.1, 0.15) is 64.4 Å². The van der Waals surface area contributed by atoms with E-state index >= 15 is 0 Å². The van der Waals surface area contributed by atoms with Gasteiger partial charge in [0.2, 0.25) is 0 Å². The molecule has 0 nitrogen and oxygen atoms in total. The fraction of sp³-hybridized carbons (Fsp3) is 0.529. The maximum atomic E-state index is 2.43. The average Bonchev–Trinajstić information content (AvgIpc) is 2.37. The van der Waals surface area contributed by atoms with Gasteiger partial charge in [-0.3, -0.25) is 0 Å². The number of hydrogen-bond acceptors (Lipinski definition) is 0. The lowest BCUT2D eigenvalue weighted by molar-refractivity contribution is 0.652. The van der Waals surface area contributed by atoms with E-state index in [0.29, 0.717) is 5.92 Å². The van der Waals surface area contributed by atoms with Crippen LogP contribution in [0.2, 0.25) is 0 Å². The van der Waals surface area contributed by atoms with E-state index in [0.717, 1.165) is 0 Å². The normalized spacial score (nSPS) is 13.7. The van der Waals surface area contributed by atoms with Crippen molar-refractivity contribution in [3.05, 3.63) is 47.5 Å². The molecule has 0 aliphatic heterocycles. The minimum absolute atomic E-state index is 0.689. The lowest BCUT2D eigenvalue weighted by Crippen LogP contribution is -1.98. The average molecular weight is 230 g/mol. The first kappa shape index (κ1) is 14.0. The van der Waals surface area contributed by atoms with Crippen molar-refractivity contribution >= 4 is 0 Å². The molecule has 0 aliphatic carbocycles. The highest BCUT2D eigenvalue weighted by molar-refractivity contribution is 5.21. The Labute approximate surface area is 107 Å². The molecular formula is C17H26. The second-order valence-electron chi connectivity index (χ2n) is 4.91. The van der Waals surface area contributed by atoms with Gasteiger partial charge in [-0.25, -0.2) is 0 Å². The van der Waals surface area contributed by atoms with E-state index in [2.05, 4.69) is 57.2 Å². The fourth-order valence-corrected chi connectivity index (χ4v) is 2.25. The van der Waals surface area contributed by atoms with E-state index in [9.17, 15) is 0 Å². The summed E-state index contributed by atoms with van der Waals surface area (Å²) in [7, 11) is 0. The van der Waals surface area contributed by atoms with Crippen LogP contribution in [0.4, 0.5) is 0 Å². The molecule has 17 heavy (non-hydrogen) atoms. The van der Waals surface area contributed by atoms with E-state index in [4.69, 9.17) is 0 Å². The second kappa shape index (κ2) is 8.11. The van der Waals surface area contributed by atoms with Crippen LogP contribution in [-0.4, -0.2) is 0 Å². The molecular weight excluding hydrogens is 204 g/mol. The van der Waals surface area contributed by atoms with Crippen LogP contribution in [0.15, 0.2) is 42.0 Å². The van der Waals surface area contributed by atoms with Crippen molar-refractivity contribution in [1.29, 1.82) is 0 Å². The van der Waals surface area contributed by atoms with Crippen LogP contribution in [0.5, 0.6) is 0 Å². The Hall–Kier alpha value is -1.04. The van der Waals surface area contributed by atoms with Gasteiger partial charge in [0.05, 0.1) is 0 Å². The van der Waals surface area contributed by atoms with Gasteiger partial charge in [0.1, 0.15) is 0 Å². The molecule has 1 unspecified atom stereocenters. The van der Waals surface area contributed by atoms with Crippen molar-refractivity contribution in [3.8, 4) is 0 Å². The zero-order valence-corrected chi connectivity index (χ0v) is 11.6. The van der Waals surface area contributed by atoms with E-state index in [1.54, 1.807) is 5.57 Å². The Balaban J connectivity index is 2.55. The Bertz CT molecular complexity index is 321. The van der Waals surface area contributed by atoms with E-state index < -0.39 is 0 Å². The lowest BCUT2D eigenvalue weighted by Gasteiger charge is -2.15. The molecule has 0 heteroatoms. The van der Waals surface area contributed by atoms with Crippen LogP contribution in [0.25, 0.3) is 0 Å². The van der Waals surface area contributed by atoms with Gasteiger partial charge < -0.3 is 0 Å². The molecule has 1 atom stereocenters. The highest BCUT2D eigenvalue weighted by Crippen LogP contribution is 2.26. The zero-order chi connectivity index (χ0) is 12.5. The minimum atomic E-state index is 0.689. The van der Waals surface area contributed by atoms with Gasteiger partial charge in [0, 0.05) is 0 Å². The Morgan fingerprint density at radius 3 is 2.47 bits per heavy atom. The predicted molar refractivity (Wildman–Crippen MR) is 77.4 cm³/mol. The van der Waals surface area contributed by atoms with Crippen molar-refractivity contribution in [3.63, 3.8) is 0 Å². The number of unbranched alkanes of at least 4 members (excludes halogenated alkanes) is 2. The number of hydrogen-bond donors (Lipinski definition) is 0. The summed E-state index contributed by atoms with van der Waals surface area (Å²) in [6.45, 7) is 6.82. The van der Waals surface area contributed by atoms with E-state index in [-0.39, 0.29) is 0 Å². The fourth-order valence-electron chi connectivity index (χ4n) is 2.25. The summed E-state index contributed by atoms with van der Waals surface area (Å²) in [4.78, 5) is 0. The van der Waals surface area contributed by atoms with Crippen LogP contribution >= 0.6 is 0 Å². The SMILES string of the molecule is CCCC/C=C(\C)CC(CC)c1ccccc1. The lowest BCUT2D eigenvalue weighted by atomic mass is 9.90. The molecule has 0 fully saturated rings. The first-order valence-electron chi connectivity index (χ1n) is 6.98. The summed E-state index contributed by atoms with van der Waals surface area (Å²) in [6, 6.07) is 10.9.